The number of carbonyl (C=O) groups excluding carboxylic acids is 1. The molecule has 0 spiro atoms. The molecule has 4 nitrogen and oxygen atoms in total. The number of furan rings is 1. The van der Waals surface area contributed by atoms with Crippen molar-refractivity contribution in [2.45, 2.75) is 13.0 Å². The van der Waals surface area contributed by atoms with E-state index in [0.717, 1.165) is 28.0 Å². The molecule has 2 aromatic carbocycles. The number of amides is 1. The fourth-order valence-corrected chi connectivity index (χ4v) is 2.30. The molecule has 3 N–H and O–H groups in total. The van der Waals surface area contributed by atoms with Crippen LogP contribution in [0.3, 0.4) is 0 Å². The quantitative estimate of drug-likeness (QED) is 0.772. The second-order valence-electron chi connectivity index (χ2n) is 4.97. The summed E-state index contributed by atoms with van der Waals surface area (Å²) in [6, 6.07) is 16.9. The van der Waals surface area contributed by atoms with Gasteiger partial charge in [-0.1, -0.05) is 30.3 Å². The minimum absolute atomic E-state index is 0.0932. The molecule has 1 aromatic heterocycles. The monoisotopic (exact) mass is 280 g/mol. The lowest BCUT2D eigenvalue weighted by Crippen LogP contribution is -2.11. The summed E-state index contributed by atoms with van der Waals surface area (Å²) < 4.78 is 5.78. The van der Waals surface area contributed by atoms with E-state index in [1.807, 2.05) is 54.6 Å². The molecule has 3 rings (SSSR count). The van der Waals surface area contributed by atoms with Crippen molar-refractivity contribution in [3.8, 4) is 0 Å². The highest BCUT2D eigenvalue weighted by atomic mass is 16.3. The van der Waals surface area contributed by atoms with Gasteiger partial charge >= 0.3 is 0 Å². The molecule has 1 amide bonds. The van der Waals surface area contributed by atoms with Gasteiger partial charge < -0.3 is 15.5 Å². The van der Waals surface area contributed by atoms with E-state index in [1.165, 1.54) is 6.92 Å². The van der Waals surface area contributed by atoms with Crippen molar-refractivity contribution in [1.29, 1.82) is 0 Å². The molecule has 0 bridgehead atoms. The highest BCUT2D eigenvalue weighted by Crippen LogP contribution is 2.27. The third-order valence-corrected chi connectivity index (χ3v) is 3.34. The SMILES string of the molecule is CC(=O)Nc1ccc(C(N)c2cc3ccccc3o2)cc1. The third kappa shape index (κ3) is 2.80. The van der Waals surface area contributed by atoms with E-state index >= 15 is 0 Å². The average Bonchev–Trinajstić information content (AvgIpc) is 2.90. The van der Waals surface area contributed by atoms with E-state index in [2.05, 4.69) is 5.32 Å². The molecule has 0 saturated carbocycles. The van der Waals surface area contributed by atoms with Crippen LogP contribution in [0.25, 0.3) is 11.0 Å². The first-order valence-electron chi connectivity index (χ1n) is 6.75. The summed E-state index contributed by atoms with van der Waals surface area (Å²) in [4.78, 5) is 11.0. The molecule has 0 aliphatic carbocycles. The Morgan fingerprint density at radius 1 is 1.14 bits per heavy atom. The minimum atomic E-state index is -0.330. The van der Waals surface area contributed by atoms with Crippen molar-refractivity contribution in [3.63, 3.8) is 0 Å². The predicted octanol–water partition coefficient (Wildman–Crippen LogP) is 3.44. The van der Waals surface area contributed by atoms with Crippen LogP contribution in [0.2, 0.25) is 0 Å². The van der Waals surface area contributed by atoms with Gasteiger partial charge in [-0.2, -0.15) is 0 Å². The van der Waals surface area contributed by atoms with E-state index in [-0.39, 0.29) is 11.9 Å². The zero-order chi connectivity index (χ0) is 14.8. The van der Waals surface area contributed by atoms with Crippen LogP contribution in [0.1, 0.15) is 24.3 Å². The van der Waals surface area contributed by atoms with Crippen LogP contribution < -0.4 is 11.1 Å². The Kier molecular flexibility index (Phi) is 3.46. The summed E-state index contributed by atoms with van der Waals surface area (Å²) >= 11 is 0. The first-order valence-corrected chi connectivity index (χ1v) is 6.75. The standard InChI is InChI=1S/C17H16N2O2/c1-11(20)19-14-8-6-12(7-9-14)17(18)16-10-13-4-2-3-5-15(13)21-16/h2-10,17H,18H2,1H3,(H,19,20). The predicted molar refractivity (Wildman–Crippen MR) is 83.0 cm³/mol. The molecule has 3 aromatic rings. The molecule has 0 radical (unpaired) electrons. The zero-order valence-electron chi connectivity index (χ0n) is 11.7. The third-order valence-electron chi connectivity index (χ3n) is 3.34. The summed E-state index contributed by atoms with van der Waals surface area (Å²) in [5, 5.41) is 3.77. The topological polar surface area (TPSA) is 68.3 Å². The van der Waals surface area contributed by atoms with Crippen molar-refractivity contribution in [1.82, 2.24) is 0 Å². The number of hydrogen-bond acceptors (Lipinski definition) is 3. The van der Waals surface area contributed by atoms with Crippen molar-refractivity contribution in [2.75, 3.05) is 5.32 Å². The van der Waals surface area contributed by atoms with Gasteiger partial charge in [-0.15, -0.1) is 0 Å². The molecule has 0 fully saturated rings. The number of nitrogens with one attached hydrogen (secondary N) is 1. The van der Waals surface area contributed by atoms with Crippen LogP contribution in [-0.4, -0.2) is 5.91 Å². The molecule has 4 heteroatoms. The van der Waals surface area contributed by atoms with Crippen LogP contribution in [0, 0.1) is 0 Å². The van der Waals surface area contributed by atoms with E-state index in [4.69, 9.17) is 10.2 Å². The van der Waals surface area contributed by atoms with E-state index < -0.39 is 0 Å². The van der Waals surface area contributed by atoms with Crippen LogP contribution >= 0.6 is 0 Å². The van der Waals surface area contributed by atoms with Gasteiger partial charge in [-0.25, -0.2) is 0 Å². The Morgan fingerprint density at radius 2 is 1.86 bits per heavy atom. The highest BCUT2D eigenvalue weighted by Gasteiger charge is 2.14. The van der Waals surface area contributed by atoms with Crippen molar-refractivity contribution < 1.29 is 9.21 Å². The van der Waals surface area contributed by atoms with Gasteiger partial charge in [-0.05, 0) is 29.8 Å². The van der Waals surface area contributed by atoms with Crippen LogP contribution in [0.4, 0.5) is 5.69 Å². The van der Waals surface area contributed by atoms with Gasteiger partial charge in [-0.3, -0.25) is 4.79 Å². The van der Waals surface area contributed by atoms with Crippen molar-refractivity contribution >= 4 is 22.6 Å². The van der Waals surface area contributed by atoms with Gasteiger partial charge in [0.1, 0.15) is 11.3 Å². The largest absolute Gasteiger partial charge is 0.459 e. The number of anilines is 1. The maximum Gasteiger partial charge on any atom is 0.221 e. The van der Waals surface area contributed by atoms with Crippen LogP contribution in [0.15, 0.2) is 59.0 Å². The number of hydrogen-bond donors (Lipinski definition) is 2. The van der Waals surface area contributed by atoms with E-state index in [1.54, 1.807) is 0 Å². The summed E-state index contributed by atoms with van der Waals surface area (Å²) in [7, 11) is 0. The second-order valence-corrected chi connectivity index (χ2v) is 4.97. The summed E-state index contributed by atoms with van der Waals surface area (Å²) in [6.45, 7) is 1.48. The molecule has 106 valence electrons. The Morgan fingerprint density at radius 3 is 2.52 bits per heavy atom. The summed E-state index contributed by atoms with van der Waals surface area (Å²) in [6.07, 6.45) is 0. The lowest BCUT2D eigenvalue weighted by Gasteiger charge is -2.10. The second kappa shape index (κ2) is 5.42. The smallest absolute Gasteiger partial charge is 0.221 e. The fourth-order valence-electron chi connectivity index (χ4n) is 2.30. The van der Waals surface area contributed by atoms with Crippen molar-refractivity contribution in [2.24, 2.45) is 5.73 Å². The number of fused-ring (bicyclic) bond motifs is 1. The molecule has 0 aliphatic rings. The summed E-state index contributed by atoms with van der Waals surface area (Å²) in [5.74, 6) is 0.632. The lowest BCUT2D eigenvalue weighted by molar-refractivity contribution is -0.114. The normalized spacial score (nSPS) is 12.3. The maximum absolute atomic E-state index is 11.0. The number of benzene rings is 2. The minimum Gasteiger partial charge on any atom is -0.459 e. The first kappa shape index (κ1) is 13.4. The average molecular weight is 280 g/mol. The van der Waals surface area contributed by atoms with Crippen LogP contribution in [-0.2, 0) is 4.79 Å². The molecule has 1 atom stereocenters. The van der Waals surface area contributed by atoms with Gasteiger partial charge in [0.25, 0.3) is 0 Å². The molecule has 21 heavy (non-hydrogen) atoms. The lowest BCUT2D eigenvalue weighted by atomic mass is 10.0. The Labute approximate surface area is 122 Å². The van der Waals surface area contributed by atoms with E-state index in [9.17, 15) is 4.79 Å². The fraction of sp³-hybridized carbons (Fsp3) is 0.118. The van der Waals surface area contributed by atoms with Crippen molar-refractivity contribution in [3.05, 3.63) is 65.9 Å². The number of carbonyl (C=O) groups is 1. The van der Waals surface area contributed by atoms with Gasteiger partial charge in [0.2, 0.25) is 5.91 Å². The molecule has 0 aliphatic heterocycles. The Balaban J connectivity index is 1.87. The molecular weight excluding hydrogens is 264 g/mol. The summed E-state index contributed by atoms with van der Waals surface area (Å²) in [5.41, 5.74) is 8.77. The first-order chi connectivity index (χ1) is 10.1. The van der Waals surface area contributed by atoms with Gasteiger partial charge in [0, 0.05) is 18.0 Å². The Bertz CT molecular complexity index is 742. The van der Waals surface area contributed by atoms with Gasteiger partial charge in [0.05, 0.1) is 6.04 Å². The molecule has 1 heterocycles. The number of nitrogens with two attached hydrogens (primary N) is 1. The van der Waals surface area contributed by atoms with Crippen LogP contribution in [0.5, 0.6) is 0 Å². The number of rotatable bonds is 3. The van der Waals surface area contributed by atoms with Gasteiger partial charge in [0.15, 0.2) is 0 Å². The number of para-hydroxylation sites is 1. The maximum atomic E-state index is 11.0. The Hall–Kier alpha value is -2.59. The molecular formula is C17H16N2O2. The molecule has 1 unspecified atom stereocenters. The molecule has 0 saturated heterocycles. The van der Waals surface area contributed by atoms with E-state index in [0.29, 0.717) is 0 Å². The zero-order valence-corrected chi connectivity index (χ0v) is 11.7. The highest BCUT2D eigenvalue weighted by molar-refractivity contribution is 5.88.